The highest BCUT2D eigenvalue weighted by molar-refractivity contribution is 5.94. The Morgan fingerprint density at radius 2 is 1.59 bits per heavy atom. The Morgan fingerprint density at radius 3 is 2.37 bits per heavy atom. The minimum Gasteiger partial charge on any atom is -0.319 e. The summed E-state index contributed by atoms with van der Waals surface area (Å²) in [6, 6.07) is 27.1. The Hall–Kier alpha value is -3.73. The van der Waals surface area contributed by atoms with Gasteiger partial charge in [-0.1, -0.05) is 60.7 Å². The lowest BCUT2D eigenvalue weighted by Gasteiger charge is -2.07. The molecule has 5 nitrogen and oxygen atoms in total. The predicted molar refractivity (Wildman–Crippen MR) is 107 cm³/mol. The van der Waals surface area contributed by atoms with Crippen molar-refractivity contribution >= 4 is 23.2 Å². The maximum Gasteiger partial charge on any atom is 0.271 e. The molecule has 0 aliphatic rings. The van der Waals surface area contributed by atoms with Crippen molar-refractivity contribution in [3.63, 3.8) is 0 Å². The minimum absolute atomic E-state index is 0.252. The van der Waals surface area contributed by atoms with Gasteiger partial charge in [0.15, 0.2) is 5.82 Å². The van der Waals surface area contributed by atoms with Crippen LogP contribution in [0, 0.1) is 0 Å². The lowest BCUT2D eigenvalue weighted by molar-refractivity contribution is 0.0955. The van der Waals surface area contributed by atoms with Gasteiger partial charge in [0, 0.05) is 12.1 Å². The van der Waals surface area contributed by atoms with Crippen LogP contribution in [0.2, 0.25) is 0 Å². The first kappa shape index (κ1) is 16.7. The van der Waals surface area contributed by atoms with E-state index in [-0.39, 0.29) is 5.91 Å². The summed E-state index contributed by atoms with van der Waals surface area (Å²) in [6.45, 7) is 0.676. The van der Waals surface area contributed by atoms with Gasteiger partial charge in [-0.2, -0.15) is 5.10 Å². The molecule has 1 N–H and O–H groups in total. The highest BCUT2D eigenvalue weighted by Gasteiger charge is 2.09. The molecule has 132 valence electrons. The van der Waals surface area contributed by atoms with Gasteiger partial charge in [0.2, 0.25) is 0 Å². The van der Waals surface area contributed by atoms with E-state index in [9.17, 15) is 4.79 Å². The third kappa shape index (κ3) is 3.77. The number of benzene rings is 3. The summed E-state index contributed by atoms with van der Waals surface area (Å²) in [5, 5.41) is 4.11. The number of nitrogens with zero attached hydrogens (tertiary/aromatic N) is 3. The van der Waals surface area contributed by atoms with E-state index in [1.54, 1.807) is 18.3 Å². The van der Waals surface area contributed by atoms with E-state index in [2.05, 4.69) is 32.2 Å². The fourth-order valence-electron chi connectivity index (χ4n) is 2.93. The number of fused-ring (bicyclic) bond motifs is 1. The zero-order valence-electron chi connectivity index (χ0n) is 14.6. The summed E-state index contributed by atoms with van der Waals surface area (Å²) in [7, 11) is 0. The number of rotatable bonds is 5. The van der Waals surface area contributed by atoms with Crippen LogP contribution in [0.4, 0.5) is 0 Å². The molecule has 0 spiro atoms. The maximum atomic E-state index is 12.1. The molecule has 1 amide bonds. The molecular formula is C22H18N4O. The number of carbonyl (C=O) groups excluding carboxylic acids is 1. The van der Waals surface area contributed by atoms with Gasteiger partial charge in [0.25, 0.3) is 5.91 Å². The predicted octanol–water partition coefficient (Wildman–Crippen LogP) is 3.85. The van der Waals surface area contributed by atoms with Gasteiger partial charge in [-0.05, 0) is 29.8 Å². The van der Waals surface area contributed by atoms with Gasteiger partial charge in [0.05, 0.1) is 17.2 Å². The van der Waals surface area contributed by atoms with E-state index < -0.39 is 0 Å². The number of hydrogen-bond acceptors (Lipinski definition) is 3. The van der Waals surface area contributed by atoms with Crippen LogP contribution in [0.25, 0.3) is 11.0 Å². The van der Waals surface area contributed by atoms with Crippen LogP contribution in [-0.2, 0) is 6.54 Å². The second-order valence-corrected chi connectivity index (χ2v) is 6.10. The van der Waals surface area contributed by atoms with E-state index in [0.29, 0.717) is 17.9 Å². The first-order valence-corrected chi connectivity index (χ1v) is 8.69. The lowest BCUT2D eigenvalue weighted by Crippen LogP contribution is -2.18. The van der Waals surface area contributed by atoms with Gasteiger partial charge >= 0.3 is 0 Å². The van der Waals surface area contributed by atoms with Crippen molar-refractivity contribution < 1.29 is 4.79 Å². The molecule has 4 rings (SSSR count). The molecular weight excluding hydrogens is 336 g/mol. The number of carbonyl (C=O) groups is 1. The van der Waals surface area contributed by atoms with Crippen LogP contribution < -0.4 is 5.43 Å². The molecule has 0 unspecified atom stereocenters. The summed E-state index contributed by atoms with van der Waals surface area (Å²) in [5.41, 5.74) is 6.21. The first-order chi connectivity index (χ1) is 13.3. The summed E-state index contributed by atoms with van der Waals surface area (Å²) in [4.78, 5) is 16.8. The molecule has 0 aliphatic carbocycles. The van der Waals surface area contributed by atoms with Gasteiger partial charge in [-0.15, -0.1) is 0 Å². The van der Waals surface area contributed by atoms with Gasteiger partial charge in [-0.3, -0.25) is 4.79 Å². The average molecular weight is 354 g/mol. The number of amides is 1. The number of hydrazone groups is 1. The van der Waals surface area contributed by atoms with Crippen molar-refractivity contribution in [3.05, 3.63) is 102 Å². The maximum absolute atomic E-state index is 12.1. The standard InChI is InChI=1S/C22H18N4O/c27-22(18-11-5-2-6-12-18)25-23-15-21-24-19-13-7-8-14-20(19)26(21)16-17-9-3-1-4-10-17/h1-15H,16H2,(H,25,27)/b23-15+. The van der Waals surface area contributed by atoms with Crippen LogP contribution in [0.5, 0.6) is 0 Å². The van der Waals surface area contributed by atoms with Crippen LogP contribution in [-0.4, -0.2) is 21.7 Å². The van der Waals surface area contributed by atoms with Gasteiger partial charge < -0.3 is 4.57 Å². The van der Waals surface area contributed by atoms with Crippen molar-refractivity contribution in [3.8, 4) is 0 Å². The molecule has 0 saturated carbocycles. The van der Waals surface area contributed by atoms with E-state index in [0.717, 1.165) is 11.0 Å². The molecule has 0 radical (unpaired) electrons. The number of imidazole rings is 1. The Balaban J connectivity index is 1.61. The van der Waals surface area contributed by atoms with Crippen molar-refractivity contribution in [1.29, 1.82) is 0 Å². The Bertz CT molecular complexity index is 1090. The number of aromatic nitrogens is 2. The second-order valence-electron chi connectivity index (χ2n) is 6.10. The molecule has 3 aromatic carbocycles. The Kier molecular flexibility index (Phi) is 4.74. The molecule has 4 aromatic rings. The van der Waals surface area contributed by atoms with Gasteiger partial charge in [-0.25, -0.2) is 10.4 Å². The average Bonchev–Trinajstić information content (AvgIpc) is 3.07. The zero-order valence-corrected chi connectivity index (χ0v) is 14.6. The van der Waals surface area contributed by atoms with Crippen molar-refractivity contribution in [2.75, 3.05) is 0 Å². The summed E-state index contributed by atoms with van der Waals surface area (Å²) in [5.74, 6) is 0.436. The number of para-hydroxylation sites is 2. The van der Waals surface area contributed by atoms with E-state index in [1.807, 2.05) is 60.7 Å². The van der Waals surface area contributed by atoms with Crippen LogP contribution in [0.1, 0.15) is 21.7 Å². The lowest BCUT2D eigenvalue weighted by atomic mass is 10.2. The normalized spacial score (nSPS) is 11.1. The smallest absolute Gasteiger partial charge is 0.271 e. The molecule has 27 heavy (non-hydrogen) atoms. The molecule has 5 heteroatoms. The minimum atomic E-state index is -0.252. The SMILES string of the molecule is O=C(N/N=C/c1nc2ccccc2n1Cc1ccccc1)c1ccccc1. The molecule has 0 bridgehead atoms. The topological polar surface area (TPSA) is 59.3 Å². The fraction of sp³-hybridized carbons (Fsp3) is 0.0455. The molecule has 0 aliphatic heterocycles. The monoisotopic (exact) mass is 354 g/mol. The second kappa shape index (κ2) is 7.66. The molecule has 1 heterocycles. The van der Waals surface area contributed by atoms with Crippen LogP contribution >= 0.6 is 0 Å². The number of nitrogens with one attached hydrogen (secondary N) is 1. The molecule has 0 atom stereocenters. The van der Waals surface area contributed by atoms with Crippen molar-refractivity contribution in [2.24, 2.45) is 5.10 Å². The number of hydrogen-bond donors (Lipinski definition) is 1. The third-order valence-electron chi connectivity index (χ3n) is 4.25. The largest absolute Gasteiger partial charge is 0.319 e. The highest BCUT2D eigenvalue weighted by Crippen LogP contribution is 2.17. The van der Waals surface area contributed by atoms with Crippen LogP contribution in [0.15, 0.2) is 90.0 Å². The quantitative estimate of drug-likeness (QED) is 0.437. The first-order valence-electron chi connectivity index (χ1n) is 8.69. The summed E-state index contributed by atoms with van der Waals surface area (Å²) in [6.07, 6.45) is 1.59. The Labute approximate surface area is 157 Å². The van der Waals surface area contributed by atoms with Crippen molar-refractivity contribution in [2.45, 2.75) is 6.54 Å². The van der Waals surface area contributed by atoms with E-state index in [1.165, 1.54) is 5.56 Å². The highest BCUT2D eigenvalue weighted by atomic mass is 16.2. The Morgan fingerprint density at radius 1 is 0.926 bits per heavy atom. The fourth-order valence-corrected chi connectivity index (χ4v) is 2.93. The van der Waals surface area contributed by atoms with E-state index >= 15 is 0 Å². The van der Waals surface area contributed by atoms with E-state index in [4.69, 9.17) is 0 Å². The van der Waals surface area contributed by atoms with Crippen molar-refractivity contribution in [1.82, 2.24) is 15.0 Å². The molecule has 0 saturated heterocycles. The zero-order chi connectivity index (χ0) is 18.5. The molecule has 1 aromatic heterocycles. The van der Waals surface area contributed by atoms with Crippen LogP contribution in [0.3, 0.4) is 0 Å². The van der Waals surface area contributed by atoms with Gasteiger partial charge in [0.1, 0.15) is 0 Å². The summed E-state index contributed by atoms with van der Waals surface area (Å²) >= 11 is 0. The molecule has 0 fully saturated rings. The third-order valence-corrected chi connectivity index (χ3v) is 4.25. The summed E-state index contributed by atoms with van der Waals surface area (Å²) < 4.78 is 2.09.